The summed E-state index contributed by atoms with van der Waals surface area (Å²) in [4.78, 5) is 15.4. The van der Waals surface area contributed by atoms with E-state index in [2.05, 4.69) is 4.98 Å². The Morgan fingerprint density at radius 2 is 2.23 bits per heavy atom. The standard InChI is InChI=1S/C8H11IN2O2/c1-5(6(2)12)11-4-10-3-7(9)8(11)13/h3-6,12H,1-2H3. The highest BCUT2D eigenvalue weighted by atomic mass is 127. The van der Waals surface area contributed by atoms with Crippen molar-refractivity contribution in [3.8, 4) is 0 Å². The lowest BCUT2D eigenvalue weighted by Gasteiger charge is -2.16. The highest BCUT2D eigenvalue weighted by Gasteiger charge is 2.13. The number of aromatic nitrogens is 2. The first-order valence-electron chi connectivity index (χ1n) is 3.93. The molecule has 5 heteroatoms. The van der Waals surface area contributed by atoms with Gasteiger partial charge in [-0.1, -0.05) is 0 Å². The lowest BCUT2D eigenvalue weighted by molar-refractivity contribution is 0.136. The molecule has 13 heavy (non-hydrogen) atoms. The minimum absolute atomic E-state index is 0.107. The zero-order valence-corrected chi connectivity index (χ0v) is 9.59. The first kappa shape index (κ1) is 10.6. The molecule has 72 valence electrons. The van der Waals surface area contributed by atoms with E-state index in [9.17, 15) is 9.90 Å². The van der Waals surface area contributed by atoms with Crippen molar-refractivity contribution < 1.29 is 5.11 Å². The number of nitrogens with zero attached hydrogens (tertiary/aromatic N) is 2. The fourth-order valence-electron chi connectivity index (χ4n) is 0.924. The molecule has 1 heterocycles. The third kappa shape index (κ3) is 2.28. The van der Waals surface area contributed by atoms with E-state index < -0.39 is 6.10 Å². The summed E-state index contributed by atoms with van der Waals surface area (Å²) in [6.45, 7) is 3.43. The molecule has 2 atom stereocenters. The molecule has 1 aromatic heterocycles. The van der Waals surface area contributed by atoms with Gasteiger partial charge in [0.2, 0.25) is 0 Å². The quantitative estimate of drug-likeness (QED) is 0.821. The Kier molecular flexibility index (Phi) is 3.43. The summed E-state index contributed by atoms with van der Waals surface area (Å²) < 4.78 is 2.00. The summed E-state index contributed by atoms with van der Waals surface area (Å²) in [5.74, 6) is 0. The maximum absolute atomic E-state index is 11.5. The molecule has 1 N–H and O–H groups in total. The van der Waals surface area contributed by atoms with E-state index in [-0.39, 0.29) is 11.6 Å². The van der Waals surface area contributed by atoms with Crippen LogP contribution in [0, 0.1) is 3.57 Å². The minimum atomic E-state index is -0.558. The van der Waals surface area contributed by atoms with Crippen LogP contribution in [-0.2, 0) is 0 Å². The summed E-state index contributed by atoms with van der Waals surface area (Å²) in [5.41, 5.74) is -0.107. The maximum Gasteiger partial charge on any atom is 0.267 e. The summed E-state index contributed by atoms with van der Waals surface area (Å²) in [6.07, 6.45) is 2.40. The van der Waals surface area contributed by atoms with E-state index in [1.165, 1.54) is 17.1 Å². The Bertz CT molecular complexity index is 348. The van der Waals surface area contributed by atoms with Crippen molar-refractivity contribution in [3.05, 3.63) is 26.4 Å². The van der Waals surface area contributed by atoms with Crippen LogP contribution in [-0.4, -0.2) is 20.8 Å². The summed E-state index contributed by atoms with van der Waals surface area (Å²) in [5, 5.41) is 9.30. The smallest absolute Gasteiger partial charge is 0.267 e. The third-order valence-electron chi connectivity index (χ3n) is 1.95. The van der Waals surface area contributed by atoms with Crippen LogP contribution in [0.2, 0.25) is 0 Å². The summed E-state index contributed by atoms with van der Waals surface area (Å²) in [7, 11) is 0. The van der Waals surface area contributed by atoms with Crippen molar-refractivity contribution in [3.63, 3.8) is 0 Å². The van der Waals surface area contributed by atoms with Crippen LogP contribution in [0.4, 0.5) is 0 Å². The molecule has 0 aliphatic heterocycles. The zero-order chi connectivity index (χ0) is 10.0. The third-order valence-corrected chi connectivity index (χ3v) is 2.69. The number of hydrogen-bond acceptors (Lipinski definition) is 3. The SMILES string of the molecule is CC(O)C(C)n1cncc(I)c1=O. The molecule has 0 aliphatic carbocycles. The van der Waals surface area contributed by atoms with Gasteiger partial charge in [-0.25, -0.2) is 4.98 Å². The van der Waals surface area contributed by atoms with Gasteiger partial charge in [-0.2, -0.15) is 0 Å². The number of halogens is 1. The fourth-order valence-corrected chi connectivity index (χ4v) is 1.36. The Morgan fingerprint density at radius 3 is 2.77 bits per heavy atom. The van der Waals surface area contributed by atoms with Crippen molar-refractivity contribution >= 4 is 22.6 Å². The first-order chi connectivity index (χ1) is 6.04. The van der Waals surface area contributed by atoms with Crippen LogP contribution >= 0.6 is 22.6 Å². The number of aliphatic hydroxyl groups is 1. The first-order valence-corrected chi connectivity index (χ1v) is 5.01. The molecule has 0 bridgehead atoms. The molecule has 2 unspecified atom stereocenters. The highest BCUT2D eigenvalue weighted by molar-refractivity contribution is 14.1. The van der Waals surface area contributed by atoms with Gasteiger partial charge >= 0.3 is 0 Å². The average molecular weight is 294 g/mol. The van der Waals surface area contributed by atoms with E-state index in [0.717, 1.165) is 0 Å². The minimum Gasteiger partial charge on any atom is -0.391 e. The predicted octanol–water partition coefficient (Wildman–Crippen LogP) is 0.790. The normalized spacial score (nSPS) is 15.4. The van der Waals surface area contributed by atoms with Gasteiger partial charge in [-0.05, 0) is 36.4 Å². The summed E-state index contributed by atoms with van der Waals surface area (Å²) in [6, 6.07) is -0.241. The van der Waals surface area contributed by atoms with Gasteiger partial charge in [-0.15, -0.1) is 0 Å². The van der Waals surface area contributed by atoms with E-state index in [4.69, 9.17) is 0 Å². The average Bonchev–Trinajstić information content (AvgIpc) is 2.08. The molecule has 0 saturated heterocycles. The molecule has 4 nitrogen and oxygen atoms in total. The molecule has 1 rings (SSSR count). The Hall–Kier alpha value is -0.430. The highest BCUT2D eigenvalue weighted by Crippen LogP contribution is 2.07. The van der Waals surface area contributed by atoms with Crippen molar-refractivity contribution in [1.82, 2.24) is 9.55 Å². The largest absolute Gasteiger partial charge is 0.391 e. The molecular formula is C8H11IN2O2. The number of hydrogen-bond donors (Lipinski definition) is 1. The molecule has 0 fully saturated rings. The Labute approximate surface area is 89.8 Å². The van der Waals surface area contributed by atoms with Crippen molar-refractivity contribution in [2.24, 2.45) is 0 Å². The monoisotopic (exact) mass is 294 g/mol. The molecule has 0 spiro atoms. The Morgan fingerprint density at radius 1 is 1.62 bits per heavy atom. The lowest BCUT2D eigenvalue weighted by Crippen LogP contribution is -2.30. The van der Waals surface area contributed by atoms with E-state index >= 15 is 0 Å². The van der Waals surface area contributed by atoms with E-state index in [1.54, 1.807) is 13.8 Å². The van der Waals surface area contributed by atoms with Crippen molar-refractivity contribution in [2.75, 3.05) is 0 Å². The van der Waals surface area contributed by atoms with Crippen LogP contribution in [0.1, 0.15) is 19.9 Å². The van der Waals surface area contributed by atoms with Gasteiger partial charge in [0, 0.05) is 6.20 Å². The van der Waals surface area contributed by atoms with E-state index in [1.807, 2.05) is 22.6 Å². The topological polar surface area (TPSA) is 55.1 Å². The number of rotatable bonds is 2. The second-order valence-electron chi connectivity index (χ2n) is 2.94. The van der Waals surface area contributed by atoms with Crippen LogP contribution in [0.25, 0.3) is 0 Å². The van der Waals surface area contributed by atoms with Crippen molar-refractivity contribution in [1.29, 1.82) is 0 Å². The molecular weight excluding hydrogens is 283 g/mol. The molecule has 0 aromatic carbocycles. The maximum atomic E-state index is 11.5. The van der Waals surface area contributed by atoms with Gasteiger partial charge in [0.15, 0.2) is 0 Å². The van der Waals surface area contributed by atoms with Crippen LogP contribution in [0.5, 0.6) is 0 Å². The zero-order valence-electron chi connectivity index (χ0n) is 7.44. The van der Waals surface area contributed by atoms with Crippen LogP contribution in [0.15, 0.2) is 17.3 Å². The second-order valence-corrected chi connectivity index (χ2v) is 4.10. The molecule has 0 saturated carbocycles. The van der Waals surface area contributed by atoms with Crippen molar-refractivity contribution in [2.45, 2.75) is 26.0 Å². The number of aliphatic hydroxyl groups excluding tert-OH is 1. The molecule has 0 aliphatic rings. The molecule has 0 radical (unpaired) electrons. The summed E-state index contributed by atoms with van der Waals surface area (Å²) >= 11 is 1.93. The molecule has 1 aromatic rings. The Balaban J connectivity index is 3.16. The molecule has 0 amide bonds. The lowest BCUT2D eigenvalue weighted by atomic mass is 10.2. The van der Waals surface area contributed by atoms with Crippen LogP contribution in [0.3, 0.4) is 0 Å². The van der Waals surface area contributed by atoms with Gasteiger partial charge < -0.3 is 5.11 Å². The van der Waals surface area contributed by atoms with Gasteiger partial charge in [0.1, 0.15) is 0 Å². The van der Waals surface area contributed by atoms with Gasteiger partial charge in [0.25, 0.3) is 5.56 Å². The predicted molar refractivity (Wildman–Crippen MR) is 57.6 cm³/mol. The fraction of sp³-hybridized carbons (Fsp3) is 0.500. The van der Waals surface area contributed by atoms with Gasteiger partial charge in [0.05, 0.1) is 22.0 Å². The van der Waals surface area contributed by atoms with E-state index in [0.29, 0.717) is 3.57 Å². The second kappa shape index (κ2) is 4.19. The van der Waals surface area contributed by atoms with Gasteiger partial charge in [-0.3, -0.25) is 9.36 Å². The van der Waals surface area contributed by atoms with Crippen LogP contribution < -0.4 is 5.56 Å².